The van der Waals surface area contributed by atoms with Crippen molar-refractivity contribution < 1.29 is 0 Å². The van der Waals surface area contributed by atoms with Crippen molar-refractivity contribution in [3.8, 4) is 11.1 Å². The fraction of sp³-hybridized carbons (Fsp3) is 0.105. The maximum atomic E-state index is 2.50. The Morgan fingerprint density at radius 1 is 0.615 bits per heavy atom. The summed E-state index contributed by atoms with van der Waals surface area (Å²) < 4.78 is 2.74. The number of hydrogen-bond donors (Lipinski definition) is 0. The quantitative estimate of drug-likeness (QED) is 0.219. The van der Waals surface area contributed by atoms with Crippen LogP contribution in [0.4, 0.5) is 0 Å². The van der Waals surface area contributed by atoms with Crippen LogP contribution in [-0.2, 0) is 11.8 Å². The van der Waals surface area contributed by atoms with Crippen LogP contribution in [0, 0.1) is 6.92 Å². The maximum Gasteiger partial charge on any atom is 0.0435 e. The lowest BCUT2D eigenvalue weighted by Gasteiger charge is -2.29. The molecule has 0 spiro atoms. The second-order valence-corrected chi connectivity index (χ2v) is 12.2. The minimum atomic E-state index is -0.211. The number of rotatable bonds is 3. The molecule has 0 fully saturated rings. The summed E-state index contributed by atoms with van der Waals surface area (Å²) in [5, 5.41) is 5.49. The first kappa shape index (κ1) is 22.8. The van der Waals surface area contributed by atoms with Crippen LogP contribution < -0.4 is 0 Å². The molecule has 1 aliphatic rings. The molecule has 0 nitrogen and oxygen atoms in total. The Bertz CT molecular complexity index is 2060. The van der Waals surface area contributed by atoms with Crippen molar-refractivity contribution in [3.63, 3.8) is 0 Å². The number of benzene rings is 6. The molecule has 1 atom stereocenters. The monoisotopic (exact) mass is 516 g/mol. The van der Waals surface area contributed by atoms with Gasteiger partial charge in [-0.3, -0.25) is 0 Å². The molecule has 0 radical (unpaired) electrons. The maximum absolute atomic E-state index is 2.50. The fourth-order valence-corrected chi connectivity index (χ4v) is 8.17. The third kappa shape index (κ3) is 3.23. The first-order valence-corrected chi connectivity index (χ1v) is 14.6. The van der Waals surface area contributed by atoms with E-state index in [0.29, 0.717) is 0 Å². The average molecular weight is 517 g/mol. The van der Waals surface area contributed by atoms with E-state index in [2.05, 4.69) is 135 Å². The third-order valence-electron chi connectivity index (χ3n) is 8.92. The summed E-state index contributed by atoms with van der Waals surface area (Å²) in [5.74, 6) is 0. The molecule has 0 bridgehead atoms. The second-order valence-electron chi connectivity index (χ2n) is 11.1. The zero-order valence-corrected chi connectivity index (χ0v) is 23.0. The molecule has 1 heterocycles. The number of fused-ring (bicyclic) bond motifs is 8. The lowest BCUT2D eigenvalue weighted by atomic mass is 9.73. The first-order valence-electron chi connectivity index (χ1n) is 13.7. The molecule has 0 saturated carbocycles. The summed E-state index contributed by atoms with van der Waals surface area (Å²) in [5.41, 5.74) is 10.9. The van der Waals surface area contributed by atoms with Crippen molar-refractivity contribution in [2.24, 2.45) is 0 Å². The van der Waals surface area contributed by atoms with Crippen LogP contribution in [0.15, 0.2) is 121 Å². The van der Waals surface area contributed by atoms with Crippen molar-refractivity contribution in [3.05, 3.63) is 155 Å². The van der Waals surface area contributed by atoms with Crippen LogP contribution in [0.3, 0.4) is 0 Å². The van der Waals surface area contributed by atoms with Gasteiger partial charge < -0.3 is 0 Å². The molecule has 186 valence electrons. The molecular weight excluding hydrogens is 488 g/mol. The van der Waals surface area contributed by atoms with Gasteiger partial charge in [-0.1, -0.05) is 109 Å². The highest BCUT2D eigenvalue weighted by molar-refractivity contribution is 7.25. The number of hydrogen-bond acceptors (Lipinski definition) is 1. The Hall–Kier alpha value is -4.20. The Balaban J connectivity index is 1.36. The molecule has 1 aromatic heterocycles. The van der Waals surface area contributed by atoms with E-state index in [0.717, 1.165) is 6.42 Å². The van der Waals surface area contributed by atoms with Crippen LogP contribution in [0.25, 0.3) is 42.1 Å². The van der Waals surface area contributed by atoms with Crippen LogP contribution >= 0.6 is 11.3 Å². The molecular formula is C38H28S. The predicted molar refractivity (Wildman–Crippen MR) is 168 cm³/mol. The smallest absolute Gasteiger partial charge is 0.0435 e. The molecule has 0 aliphatic heterocycles. The Labute approximate surface area is 233 Å². The van der Waals surface area contributed by atoms with E-state index in [1.54, 1.807) is 0 Å². The summed E-state index contributed by atoms with van der Waals surface area (Å²) in [7, 11) is 0. The summed E-state index contributed by atoms with van der Waals surface area (Å²) in [6.45, 7) is 4.69. The van der Waals surface area contributed by atoms with Crippen molar-refractivity contribution in [2.75, 3.05) is 0 Å². The summed E-state index contributed by atoms with van der Waals surface area (Å²) in [6, 6.07) is 45.3. The predicted octanol–water partition coefficient (Wildman–Crippen LogP) is 10.4. The normalized spacial score (nSPS) is 16.2. The molecule has 8 rings (SSSR count). The number of thiophene rings is 1. The van der Waals surface area contributed by atoms with E-state index in [1.807, 2.05) is 11.3 Å². The van der Waals surface area contributed by atoms with Crippen LogP contribution in [0.5, 0.6) is 0 Å². The summed E-state index contributed by atoms with van der Waals surface area (Å²) >= 11 is 1.90. The summed E-state index contributed by atoms with van der Waals surface area (Å²) in [4.78, 5) is 0. The van der Waals surface area contributed by atoms with E-state index in [9.17, 15) is 0 Å². The Morgan fingerprint density at radius 2 is 1.33 bits per heavy atom. The van der Waals surface area contributed by atoms with Crippen LogP contribution in [0.1, 0.15) is 40.3 Å². The minimum absolute atomic E-state index is 0.211. The minimum Gasteiger partial charge on any atom is -0.135 e. The van der Waals surface area contributed by atoms with Gasteiger partial charge in [0.05, 0.1) is 0 Å². The standard InChI is InChI=1S/C38H28S/c1-24-21-33-37(29-15-7-6-14-28(24)29)30-20-19-25(23-32(30)38(33,2)27-12-4-3-5-13-27)22-26-11-10-18-35-36(26)31-16-8-9-17-34(31)39-35/h3-21,23H,22H2,1-2H3. The Morgan fingerprint density at radius 3 is 2.18 bits per heavy atom. The van der Waals surface area contributed by atoms with E-state index >= 15 is 0 Å². The van der Waals surface area contributed by atoms with Gasteiger partial charge in [-0.05, 0) is 87.7 Å². The molecule has 1 heteroatoms. The zero-order chi connectivity index (χ0) is 26.1. The van der Waals surface area contributed by atoms with Gasteiger partial charge in [0.2, 0.25) is 0 Å². The molecule has 7 aromatic rings. The van der Waals surface area contributed by atoms with Crippen molar-refractivity contribution in [1.29, 1.82) is 0 Å². The Kier molecular flexibility index (Phi) is 4.90. The molecule has 1 unspecified atom stereocenters. The second kappa shape index (κ2) is 8.40. The van der Waals surface area contributed by atoms with E-state index in [-0.39, 0.29) is 5.41 Å². The zero-order valence-electron chi connectivity index (χ0n) is 22.2. The molecule has 0 saturated heterocycles. The van der Waals surface area contributed by atoms with Gasteiger partial charge in [0.15, 0.2) is 0 Å². The van der Waals surface area contributed by atoms with Gasteiger partial charge in [-0.2, -0.15) is 0 Å². The van der Waals surface area contributed by atoms with Crippen molar-refractivity contribution >= 4 is 42.3 Å². The molecule has 39 heavy (non-hydrogen) atoms. The van der Waals surface area contributed by atoms with Gasteiger partial charge in [0.25, 0.3) is 0 Å². The van der Waals surface area contributed by atoms with Gasteiger partial charge in [0.1, 0.15) is 0 Å². The highest BCUT2D eigenvalue weighted by Crippen LogP contribution is 2.55. The van der Waals surface area contributed by atoms with E-state index in [1.165, 1.54) is 75.5 Å². The third-order valence-corrected chi connectivity index (χ3v) is 10.1. The topological polar surface area (TPSA) is 0 Å². The SMILES string of the molecule is Cc1cc2c(c3ccccc13)-c1ccc(Cc3cccc4sc5ccccc5c34)cc1C2(C)c1ccccc1. The highest BCUT2D eigenvalue weighted by atomic mass is 32.1. The van der Waals surface area contributed by atoms with Crippen LogP contribution in [0.2, 0.25) is 0 Å². The highest BCUT2D eigenvalue weighted by Gasteiger charge is 2.42. The number of aryl methyl sites for hydroxylation is 1. The lowest BCUT2D eigenvalue weighted by molar-refractivity contribution is 0.712. The van der Waals surface area contributed by atoms with Gasteiger partial charge in [-0.25, -0.2) is 0 Å². The largest absolute Gasteiger partial charge is 0.135 e. The van der Waals surface area contributed by atoms with Gasteiger partial charge in [0, 0.05) is 25.6 Å². The lowest BCUT2D eigenvalue weighted by Crippen LogP contribution is -2.22. The van der Waals surface area contributed by atoms with E-state index in [4.69, 9.17) is 0 Å². The van der Waals surface area contributed by atoms with Crippen molar-refractivity contribution in [1.82, 2.24) is 0 Å². The van der Waals surface area contributed by atoms with Crippen LogP contribution in [-0.4, -0.2) is 0 Å². The molecule has 0 amide bonds. The summed E-state index contributed by atoms with van der Waals surface area (Å²) in [6.07, 6.45) is 0.923. The van der Waals surface area contributed by atoms with Gasteiger partial charge in [-0.15, -0.1) is 11.3 Å². The van der Waals surface area contributed by atoms with E-state index < -0.39 is 0 Å². The molecule has 1 aliphatic carbocycles. The average Bonchev–Trinajstić information content (AvgIpc) is 3.48. The molecule has 6 aromatic carbocycles. The molecule has 0 N–H and O–H groups in total. The first-order chi connectivity index (χ1) is 19.1. The van der Waals surface area contributed by atoms with Crippen molar-refractivity contribution in [2.45, 2.75) is 25.7 Å². The van der Waals surface area contributed by atoms with Gasteiger partial charge >= 0.3 is 0 Å². The fourth-order valence-electron chi connectivity index (χ4n) is 7.02.